The van der Waals surface area contributed by atoms with E-state index < -0.39 is 0 Å². The van der Waals surface area contributed by atoms with Gasteiger partial charge in [-0.05, 0) is 37.0 Å². The Kier molecular flexibility index (Phi) is 6.25. The molecule has 4 nitrogen and oxygen atoms in total. The van der Waals surface area contributed by atoms with Crippen LogP contribution in [0, 0.1) is 5.92 Å². The van der Waals surface area contributed by atoms with Crippen LogP contribution in [0.5, 0.6) is 0 Å². The smallest absolute Gasteiger partial charge is 0.223 e. The van der Waals surface area contributed by atoms with Crippen LogP contribution in [0.1, 0.15) is 31.7 Å². The van der Waals surface area contributed by atoms with Crippen molar-refractivity contribution in [3.8, 4) is 0 Å². The molecule has 0 heterocycles. The molecule has 1 saturated carbocycles. The van der Waals surface area contributed by atoms with Crippen molar-refractivity contribution in [1.82, 2.24) is 10.2 Å². The summed E-state index contributed by atoms with van der Waals surface area (Å²) in [5, 5.41) is 3.64. The summed E-state index contributed by atoms with van der Waals surface area (Å²) in [7, 11) is 0. The number of carbonyl (C=O) groups excluding carboxylic acids is 2. The summed E-state index contributed by atoms with van der Waals surface area (Å²) < 4.78 is 0. The molecule has 2 amide bonds. The van der Waals surface area contributed by atoms with Crippen molar-refractivity contribution >= 4 is 23.4 Å². The molecule has 1 fully saturated rings. The van der Waals surface area contributed by atoms with Gasteiger partial charge in [0.2, 0.25) is 11.8 Å². The number of nitrogens with one attached hydrogen (secondary N) is 1. The van der Waals surface area contributed by atoms with Crippen molar-refractivity contribution in [1.29, 1.82) is 0 Å². The van der Waals surface area contributed by atoms with E-state index in [9.17, 15) is 9.59 Å². The van der Waals surface area contributed by atoms with Crippen molar-refractivity contribution in [2.75, 3.05) is 19.6 Å². The maximum atomic E-state index is 11.8. The van der Waals surface area contributed by atoms with Crippen LogP contribution < -0.4 is 5.32 Å². The number of benzene rings is 1. The summed E-state index contributed by atoms with van der Waals surface area (Å²) in [6.45, 7) is 3.29. The summed E-state index contributed by atoms with van der Waals surface area (Å²) in [6.07, 6.45) is 3.93. The van der Waals surface area contributed by atoms with Crippen molar-refractivity contribution in [3.05, 3.63) is 34.9 Å². The lowest BCUT2D eigenvalue weighted by atomic mass is 9.85. The minimum Gasteiger partial charge on any atom is -0.354 e. The van der Waals surface area contributed by atoms with E-state index in [0.29, 0.717) is 24.7 Å². The third-order valence-corrected chi connectivity index (χ3v) is 4.44. The van der Waals surface area contributed by atoms with Crippen LogP contribution in [0.15, 0.2) is 24.3 Å². The second-order valence-corrected chi connectivity index (χ2v) is 6.24. The highest BCUT2D eigenvalue weighted by molar-refractivity contribution is 6.30. The highest BCUT2D eigenvalue weighted by Gasteiger charge is 2.24. The molecule has 2 rings (SSSR count). The van der Waals surface area contributed by atoms with E-state index in [1.54, 1.807) is 11.8 Å². The molecule has 0 saturated heterocycles. The Morgan fingerprint density at radius 1 is 1.23 bits per heavy atom. The average molecular weight is 323 g/mol. The average Bonchev–Trinajstić information content (AvgIpc) is 2.42. The zero-order valence-corrected chi connectivity index (χ0v) is 13.7. The van der Waals surface area contributed by atoms with Crippen LogP contribution in [0.25, 0.3) is 0 Å². The predicted octanol–water partition coefficient (Wildman–Crippen LogP) is 2.65. The van der Waals surface area contributed by atoms with Gasteiger partial charge in [-0.3, -0.25) is 9.59 Å². The first-order valence-corrected chi connectivity index (χ1v) is 8.21. The van der Waals surface area contributed by atoms with Gasteiger partial charge >= 0.3 is 0 Å². The van der Waals surface area contributed by atoms with Gasteiger partial charge in [-0.1, -0.05) is 30.2 Å². The predicted molar refractivity (Wildman–Crippen MR) is 87.8 cm³/mol. The fourth-order valence-corrected chi connectivity index (χ4v) is 2.60. The Balaban J connectivity index is 1.73. The second-order valence-electron chi connectivity index (χ2n) is 5.80. The standard InChI is InChI=1S/C17H23ClN2O2/c1-13(21)20(11-9-14-5-7-16(18)8-6-14)12-10-19-17(22)15-3-2-4-15/h5-8,15H,2-4,9-12H2,1H3,(H,19,22). The monoisotopic (exact) mass is 322 g/mol. The molecule has 0 unspecified atom stereocenters. The molecular formula is C17H23ClN2O2. The zero-order chi connectivity index (χ0) is 15.9. The molecule has 0 spiro atoms. The minimum absolute atomic E-state index is 0.0341. The first-order valence-electron chi connectivity index (χ1n) is 7.84. The SMILES string of the molecule is CC(=O)N(CCNC(=O)C1CCC1)CCc1ccc(Cl)cc1. The summed E-state index contributed by atoms with van der Waals surface area (Å²) in [5.41, 5.74) is 1.15. The molecule has 1 aromatic carbocycles. The lowest BCUT2D eigenvalue weighted by molar-refractivity contribution is -0.130. The number of nitrogens with zero attached hydrogens (tertiary/aromatic N) is 1. The second kappa shape index (κ2) is 8.18. The van der Waals surface area contributed by atoms with Gasteiger partial charge in [-0.25, -0.2) is 0 Å². The highest BCUT2D eigenvalue weighted by Crippen LogP contribution is 2.25. The van der Waals surface area contributed by atoms with Gasteiger partial charge in [0.1, 0.15) is 0 Å². The maximum Gasteiger partial charge on any atom is 0.223 e. The molecule has 1 aromatic rings. The van der Waals surface area contributed by atoms with Crippen LogP contribution in [0.2, 0.25) is 5.02 Å². The van der Waals surface area contributed by atoms with E-state index in [-0.39, 0.29) is 17.7 Å². The van der Waals surface area contributed by atoms with Crippen molar-refractivity contribution in [2.45, 2.75) is 32.6 Å². The number of hydrogen-bond donors (Lipinski definition) is 1. The fraction of sp³-hybridized carbons (Fsp3) is 0.529. The number of amides is 2. The Hall–Kier alpha value is -1.55. The fourth-order valence-electron chi connectivity index (χ4n) is 2.47. The van der Waals surface area contributed by atoms with Gasteiger partial charge in [-0.15, -0.1) is 0 Å². The van der Waals surface area contributed by atoms with Gasteiger partial charge in [0.25, 0.3) is 0 Å². The number of rotatable bonds is 7. The van der Waals surface area contributed by atoms with Gasteiger partial charge in [0, 0.05) is 37.5 Å². The number of halogens is 1. The molecule has 0 bridgehead atoms. The number of hydrogen-bond acceptors (Lipinski definition) is 2. The van der Waals surface area contributed by atoms with Crippen LogP contribution in [0.3, 0.4) is 0 Å². The number of carbonyl (C=O) groups is 2. The van der Waals surface area contributed by atoms with Gasteiger partial charge < -0.3 is 10.2 Å². The molecule has 0 radical (unpaired) electrons. The van der Waals surface area contributed by atoms with E-state index in [1.165, 1.54) is 0 Å². The Morgan fingerprint density at radius 2 is 1.91 bits per heavy atom. The van der Waals surface area contributed by atoms with Crippen LogP contribution in [-0.4, -0.2) is 36.3 Å². The van der Waals surface area contributed by atoms with Crippen LogP contribution in [0.4, 0.5) is 0 Å². The lowest BCUT2D eigenvalue weighted by Crippen LogP contribution is -2.41. The maximum absolute atomic E-state index is 11.8. The third kappa shape index (κ3) is 5.02. The van der Waals surface area contributed by atoms with Crippen LogP contribution >= 0.6 is 11.6 Å². The molecule has 1 aliphatic carbocycles. The van der Waals surface area contributed by atoms with Crippen molar-refractivity contribution < 1.29 is 9.59 Å². The lowest BCUT2D eigenvalue weighted by Gasteiger charge is -2.25. The molecule has 1 N–H and O–H groups in total. The molecule has 0 atom stereocenters. The molecule has 0 aromatic heterocycles. The molecule has 0 aliphatic heterocycles. The van der Waals surface area contributed by atoms with Gasteiger partial charge in [0.15, 0.2) is 0 Å². The Bertz CT molecular complexity index is 512. The van der Waals surface area contributed by atoms with E-state index >= 15 is 0 Å². The molecule has 1 aliphatic rings. The van der Waals surface area contributed by atoms with E-state index in [1.807, 2.05) is 24.3 Å². The Morgan fingerprint density at radius 3 is 2.45 bits per heavy atom. The summed E-state index contributed by atoms with van der Waals surface area (Å²) >= 11 is 5.86. The Labute approximate surface area is 136 Å². The van der Waals surface area contributed by atoms with Gasteiger partial charge in [0.05, 0.1) is 0 Å². The molecule has 5 heteroatoms. The largest absolute Gasteiger partial charge is 0.354 e. The van der Waals surface area contributed by atoms with E-state index in [0.717, 1.165) is 31.2 Å². The zero-order valence-electron chi connectivity index (χ0n) is 13.0. The molecular weight excluding hydrogens is 300 g/mol. The molecule has 22 heavy (non-hydrogen) atoms. The van der Waals surface area contributed by atoms with Gasteiger partial charge in [-0.2, -0.15) is 0 Å². The first kappa shape index (κ1) is 16.8. The first-order chi connectivity index (χ1) is 10.6. The molecule has 120 valence electrons. The topological polar surface area (TPSA) is 49.4 Å². The summed E-state index contributed by atoms with van der Waals surface area (Å²) in [5.74, 6) is 0.360. The third-order valence-electron chi connectivity index (χ3n) is 4.19. The van der Waals surface area contributed by atoms with E-state index in [4.69, 9.17) is 11.6 Å². The summed E-state index contributed by atoms with van der Waals surface area (Å²) in [4.78, 5) is 25.2. The quantitative estimate of drug-likeness (QED) is 0.839. The van der Waals surface area contributed by atoms with Crippen LogP contribution in [-0.2, 0) is 16.0 Å². The van der Waals surface area contributed by atoms with Crippen molar-refractivity contribution in [2.24, 2.45) is 5.92 Å². The minimum atomic E-state index is 0.0341. The van der Waals surface area contributed by atoms with E-state index in [2.05, 4.69) is 5.32 Å². The van der Waals surface area contributed by atoms with Crippen molar-refractivity contribution in [3.63, 3.8) is 0 Å². The summed E-state index contributed by atoms with van der Waals surface area (Å²) in [6, 6.07) is 7.65. The normalized spacial score (nSPS) is 14.3. The highest BCUT2D eigenvalue weighted by atomic mass is 35.5.